The lowest BCUT2D eigenvalue weighted by Crippen LogP contribution is -2.49. The number of benzene rings is 5. The van der Waals surface area contributed by atoms with E-state index >= 15 is 0 Å². The van der Waals surface area contributed by atoms with Crippen LogP contribution in [0, 0.1) is 0 Å². The van der Waals surface area contributed by atoms with Gasteiger partial charge >= 0.3 is 0 Å². The third-order valence-corrected chi connectivity index (χ3v) is 11.3. The van der Waals surface area contributed by atoms with Crippen LogP contribution in [0.2, 0.25) is 0 Å². The van der Waals surface area contributed by atoms with E-state index in [0.29, 0.717) is 29.8 Å². The van der Waals surface area contributed by atoms with Crippen LogP contribution in [-0.4, -0.2) is 28.8 Å². The fraction of sp³-hybridized carbons (Fsp3) is 0.200. The Hall–Kier alpha value is -4.73. The SMILES string of the molecule is CCCN(C(=O)c1ccccc1)C(C(=O)NC(C)(C)C)c1ccccc1N=P(c1ccccc1)(c1ccccc1)c1ccccc1. The Morgan fingerprint density at radius 1 is 0.674 bits per heavy atom. The lowest BCUT2D eigenvalue weighted by molar-refractivity contribution is -0.127. The van der Waals surface area contributed by atoms with Crippen LogP contribution in [0.3, 0.4) is 0 Å². The molecule has 5 nitrogen and oxygen atoms in total. The summed E-state index contributed by atoms with van der Waals surface area (Å²) in [5, 5.41) is 6.48. The number of amides is 2. The van der Waals surface area contributed by atoms with Gasteiger partial charge in [-0.1, -0.05) is 134 Å². The second kappa shape index (κ2) is 14.6. The van der Waals surface area contributed by atoms with Gasteiger partial charge in [-0.25, -0.2) is 0 Å². The Morgan fingerprint density at radius 2 is 1.11 bits per heavy atom. The van der Waals surface area contributed by atoms with Gasteiger partial charge in [-0.05, 0) is 45.4 Å². The molecular weight excluding hydrogens is 585 g/mol. The van der Waals surface area contributed by atoms with Gasteiger partial charge in [0, 0.05) is 39.1 Å². The van der Waals surface area contributed by atoms with E-state index in [4.69, 9.17) is 4.74 Å². The minimum absolute atomic E-state index is 0.193. The van der Waals surface area contributed by atoms with Gasteiger partial charge in [-0.15, -0.1) is 0 Å². The maximum Gasteiger partial charge on any atom is 0.254 e. The predicted molar refractivity (Wildman–Crippen MR) is 192 cm³/mol. The molecule has 5 aromatic carbocycles. The Balaban J connectivity index is 1.83. The van der Waals surface area contributed by atoms with Crippen molar-refractivity contribution in [1.82, 2.24) is 10.2 Å². The van der Waals surface area contributed by atoms with Crippen molar-refractivity contribution in [2.45, 2.75) is 45.7 Å². The Bertz CT molecular complexity index is 1700. The molecule has 0 aliphatic rings. The second-order valence-corrected chi connectivity index (χ2v) is 15.3. The molecule has 0 radical (unpaired) electrons. The highest BCUT2D eigenvalue weighted by molar-refractivity contribution is 7.87. The van der Waals surface area contributed by atoms with E-state index in [0.717, 1.165) is 15.9 Å². The summed E-state index contributed by atoms with van der Waals surface area (Å²) in [4.78, 5) is 30.3. The first-order valence-corrected chi connectivity index (χ1v) is 17.5. The van der Waals surface area contributed by atoms with E-state index in [1.54, 1.807) is 17.0 Å². The maximum atomic E-state index is 14.4. The highest BCUT2D eigenvalue weighted by Crippen LogP contribution is 2.50. The molecular formula is C40H42N3O2P. The van der Waals surface area contributed by atoms with Crippen LogP contribution in [0.4, 0.5) is 5.69 Å². The van der Waals surface area contributed by atoms with Gasteiger partial charge in [-0.2, -0.15) is 0 Å². The topological polar surface area (TPSA) is 61.8 Å². The van der Waals surface area contributed by atoms with Crippen molar-refractivity contribution < 1.29 is 9.59 Å². The first-order valence-electron chi connectivity index (χ1n) is 15.8. The molecule has 0 heterocycles. The zero-order valence-electron chi connectivity index (χ0n) is 27.0. The Morgan fingerprint density at radius 3 is 1.57 bits per heavy atom. The molecule has 6 heteroatoms. The third kappa shape index (κ3) is 7.22. The van der Waals surface area contributed by atoms with Gasteiger partial charge in [0.25, 0.3) is 5.91 Å². The van der Waals surface area contributed by atoms with Gasteiger partial charge in [0.05, 0.1) is 12.7 Å². The third-order valence-electron chi connectivity index (χ3n) is 7.68. The Labute approximate surface area is 273 Å². The highest BCUT2D eigenvalue weighted by Gasteiger charge is 2.36. The van der Waals surface area contributed by atoms with Crippen LogP contribution in [0.15, 0.2) is 150 Å². The van der Waals surface area contributed by atoms with Crippen molar-refractivity contribution in [3.8, 4) is 0 Å². The van der Waals surface area contributed by atoms with Crippen LogP contribution in [-0.2, 0) is 4.79 Å². The number of hydrogen-bond donors (Lipinski definition) is 1. The zero-order valence-corrected chi connectivity index (χ0v) is 27.9. The quantitative estimate of drug-likeness (QED) is 0.160. The molecule has 0 saturated heterocycles. The molecule has 0 aliphatic carbocycles. The molecule has 1 atom stereocenters. The van der Waals surface area contributed by atoms with Crippen LogP contribution in [0.5, 0.6) is 0 Å². The minimum Gasteiger partial charge on any atom is -0.349 e. The molecule has 1 unspecified atom stereocenters. The van der Waals surface area contributed by atoms with Gasteiger partial charge < -0.3 is 10.2 Å². The molecule has 0 aromatic heterocycles. The molecule has 1 N–H and O–H groups in total. The summed E-state index contributed by atoms with van der Waals surface area (Å²) in [6, 6.07) is 47.4. The fourth-order valence-corrected chi connectivity index (χ4v) is 9.30. The number of nitrogens with zero attached hydrogens (tertiary/aromatic N) is 2. The maximum absolute atomic E-state index is 14.4. The largest absolute Gasteiger partial charge is 0.349 e. The van der Waals surface area contributed by atoms with Gasteiger partial charge in [0.15, 0.2) is 0 Å². The minimum atomic E-state index is -2.65. The molecule has 46 heavy (non-hydrogen) atoms. The van der Waals surface area contributed by atoms with Crippen molar-refractivity contribution in [3.05, 3.63) is 157 Å². The Kier molecular flexibility index (Phi) is 10.3. The normalized spacial score (nSPS) is 12.2. The number of carbonyl (C=O) groups is 2. The van der Waals surface area contributed by atoms with Gasteiger partial charge in [0.2, 0.25) is 5.91 Å². The van der Waals surface area contributed by atoms with Crippen molar-refractivity contribution >= 4 is 40.5 Å². The van der Waals surface area contributed by atoms with E-state index in [1.807, 2.05) is 88.4 Å². The van der Waals surface area contributed by atoms with E-state index in [-0.39, 0.29) is 11.8 Å². The van der Waals surface area contributed by atoms with E-state index in [1.165, 1.54) is 0 Å². The van der Waals surface area contributed by atoms with Crippen LogP contribution in [0.25, 0.3) is 0 Å². The molecule has 5 rings (SSSR count). The summed E-state index contributed by atoms with van der Waals surface area (Å²) in [6.07, 6.45) is 0.687. The fourth-order valence-electron chi connectivity index (χ4n) is 5.75. The molecule has 234 valence electrons. The number of carbonyl (C=O) groups excluding carboxylic acids is 2. The summed E-state index contributed by atoms with van der Waals surface area (Å²) in [5.41, 5.74) is 1.40. The predicted octanol–water partition coefficient (Wildman–Crippen LogP) is 8.00. The average Bonchev–Trinajstić information content (AvgIpc) is 3.08. The average molecular weight is 628 g/mol. The van der Waals surface area contributed by atoms with Crippen LogP contribution in [0.1, 0.15) is 56.1 Å². The summed E-state index contributed by atoms with van der Waals surface area (Å²) in [5.74, 6) is -0.433. The van der Waals surface area contributed by atoms with E-state index in [2.05, 4.69) is 78.1 Å². The first kappa shape index (κ1) is 32.7. The second-order valence-electron chi connectivity index (χ2n) is 12.3. The standard InChI is InChI=1S/C40H42N3O2P/c1-5-30-43(39(45)31-20-10-6-11-21-31)37(38(44)41-40(2,3)4)35-28-18-19-29-36(35)42-46(32-22-12-7-13-23-32,33-24-14-8-15-25-33)34-26-16-9-17-27-34/h6-29,37H,5,30H2,1-4H3,(H,41,44). The summed E-state index contributed by atoms with van der Waals surface area (Å²) < 4.78 is 5.77. The molecule has 0 bridgehead atoms. The van der Waals surface area contributed by atoms with Crippen LogP contribution >= 0.6 is 7.05 Å². The van der Waals surface area contributed by atoms with Crippen molar-refractivity contribution in [3.63, 3.8) is 0 Å². The summed E-state index contributed by atoms with van der Waals surface area (Å²) in [6.45, 7) is 8.30. The number of hydrogen-bond acceptors (Lipinski definition) is 3. The van der Waals surface area contributed by atoms with Crippen molar-refractivity contribution in [1.29, 1.82) is 0 Å². The molecule has 5 aromatic rings. The first-order chi connectivity index (χ1) is 22.2. The molecule has 0 spiro atoms. The highest BCUT2D eigenvalue weighted by atomic mass is 31.2. The molecule has 0 fully saturated rings. The molecule has 0 aliphatic heterocycles. The van der Waals surface area contributed by atoms with Gasteiger partial charge in [0.1, 0.15) is 6.04 Å². The molecule has 2 amide bonds. The lowest BCUT2D eigenvalue weighted by Gasteiger charge is -2.35. The summed E-state index contributed by atoms with van der Waals surface area (Å²) in [7, 11) is -2.65. The van der Waals surface area contributed by atoms with Gasteiger partial charge in [-0.3, -0.25) is 14.3 Å². The van der Waals surface area contributed by atoms with E-state index in [9.17, 15) is 9.59 Å². The van der Waals surface area contributed by atoms with E-state index < -0.39 is 18.6 Å². The van der Waals surface area contributed by atoms with Crippen molar-refractivity contribution in [2.75, 3.05) is 6.54 Å². The monoisotopic (exact) mass is 627 g/mol. The lowest BCUT2D eigenvalue weighted by atomic mass is 9.99. The molecule has 0 saturated carbocycles. The van der Waals surface area contributed by atoms with Crippen molar-refractivity contribution in [2.24, 2.45) is 4.74 Å². The zero-order chi connectivity index (χ0) is 32.6. The smallest absolute Gasteiger partial charge is 0.254 e. The number of rotatable bonds is 10. The number of nitrogens with one attached hydrogen (secondary N) is 1. The summed E-state index contributed by atoms with van der Waals surface area (Å²) >= 11 is 0. The van der Waals surface area contributed by atoms with Crippen LogP contribution < -0.4 is 21.2 Å².